The van der Waals surface area contributed by atoms with Gasteiger partial charge in [-0.25, -0.2) is 9.97 Å². The highest BCUT2D eigenvalue weighted by atomic mass is 32.2. The van der Waals surface area contributed by atoms with Gasteiger partial charge < -0.3 is 16.5 Å². The Kier molecular flexibility index (Phi) is 3.23. The van der Waals surface area contributed by atoms with Crippen molar-refractivity contribution >= 4 is 23.5 Å². The Hall–Kier alpha value is -2.95. The first-order valence-corrected chi connectivity index (χ1v) is 6.46. The van der Waals surface area contributed by atoms with E-state index in [-0.39, 0.29) is 27.6 Å². The number of nitrogens with zero attached hydrogens (tertiary/aromatic N) is 6. The maximum absolute atomic E-state index is 11.3. The zero-order valence-corrected chi connectivity index (χ0v) is 11.3. The van der Waals surface area contributed by atoms with E-state index < -0.39 is 0 Å². The van der Waals surface area contributed by atoms with E-state index in [2.05, 4.69) is 29.9 Å². The normalized spacial score (nSPS) is 10.7. The molecule has 106 valence electrons. The van der Waals surface area contributed by atoms with E-state index >= 15 is 0 Å². The van der Waals surface area contributed by atoms with Crippen LogP contribution in [0.1, 0.15) is 0 Å². The molecule has 0 saturated heterocycles. The second-order valence-electron chi connectivity index (χ2n) is 3.82. The molecule has 5 N–H and O–H groups in total. The lowest BCUT2D eigenvalue weighted by Crippen LogP contribution is -2.10. The molecule has 0 aliphatic carbocycles. The average molecular weight is 303 g/mol. The number of rotatable bonds is 3. The summed E-state index contributed by atoms with van der Waals surface area (Å²) in [5.74, 6) is 0.467. The Labute approximate surface area is 121 Å². The molecule has 0 spiro atoms. The largest absolute Gasteiger partial charge is 0.383 e. The van der Waals surface area contributed by atoms with Gasteiger partial charge in [0.1, 0.15) is 12.1 Å². The van der Waals surface area contributed by atoms with Crippen LogP contribution in [0.4, 0.5) is 11.8 Å². The van der Waals surface area contributed by atoms with E-state index in [1.807, 2.05) is 0 Å². The molecule has 0 aliphatic rings. The number of aromatic amines is 1. The average Bonchev–Trinajstić information content (AvgIpc) is 2.90. The molecule has 0 amide bonds. The van der Waals surface area contributed by atoms with Crippen LogP contribution >= 0.6 is 11.8 Å². The van der Waals surface area contributed by atoms with Crippen LogP contribution in [0.5, 0.6) is 0 Å². The van der Waals surface area contributed by atoms with Gasteiger partial charge in [-0.2, -0.15) is 15.0 Å². The van der Waals surface area contributed by atoms with Gasteiger partial charge in [0.05, 0.1) is 0 Å². The van der Waals surface area contributed by atoms with Gasteiger partial charge in [0.15, 0.2) is 5.16 Å². The molecule has 3 rings (SSSR count). The molecular weight excluding hydrogens is 294 g/mol. The van der Waals surface area contributed by atoms with Gasteiger partial charge >= 0.3 is 0 Å². The summed E-state index contributed by atoms with van der Waals surface area (Å²) in [6, 6.07) is 1.18. The molecule has 11 heteroatoms. The van der Waals surface area contributed by atoms with Crippen LogP contribution in [0.25, 0.3) is 5.95 Å². The predicted molar refractivity (Wildman–Crippen MR) is 74.8 cm³/mol. The highest BCUT2D eigenvalue weighted by Crippen LogP contribution is 2.21. The van der Waals surface area contributed by atoms with Crippen molar-refractivity contribution in [2.45, 2.75) is 10.3 Å². The van der Waals surface area contributed by atoms with Crippen molar-refractivity contribution in [3.05, 3.63) is 35.1 Å². The van der Waals surface area contributed by atoms with Crippen LogP contribution in [0.2, 0.25) is 0 Å². The van der Waals surface area contributed by atoms with E-state index in [0.29, 0.717) is 5.95 Å². The zero-order chi connectivity index (χ0) is 14.8. The molecule has 10 nitrogen and oxygen atoms in total. The molecule has 3 aromatic rings. The summed E-state index contributed by atoms with van der Waals surface area (Å²) in [7, 11) is 0. The lowest BCUT2D eigenvalue weighted by Gasteiger charge is -2.04. The molecule has 3 heterocycles. The maximum atomic E-state index is 11.3. The molecule has 0 radical (unpaired) electrons. The Morgan fingerprint density at radius 3 is 2.76 bits per heavy atom. The quantitative estimate of drug-likeness (QED) is 0.541. The first-order valence-electron chi connectivity index (χ1n) is 5.65. The standard InChI is InChI=1S/C10H9N9OS/c11-5-3-6(20)15-9(14-5)21-10-17-7(12)16-8(18-10)19-2-1-13-4-19/h1-4H,(H3,11,14,15,20)(H2,12,16,17,18). The maximum Gasteiger partial charge on any atom is 0.253 e. The second-order valence-corrected chi connectivity index (χ2v) is 4.78. The second kappa shape index (κ2) is 5.20. The van der Waals surface area contributed by atoms with Crippen LogP contribution in [-0.4, -0.2) is 34.5 Å². The number of aromatic nitrogens is 7. The lowest BCUT2D eigenvalue weighted by atomic mass is 10.6. The number of nitrogens with two attached hydrogens (primary N) is 2. The fraction of sp³-hybridized carbons (Fsp3) is 0. The smallest absolute Gasteiger partial charge is 0.253 e. The number of hydrogen-bond donors (Lipinski definition) is 3. The Morgan fingerprint density at radius 1 is 1.19 bits per heavy atom. The highest BCUT2D eigenvalue weighted by molar-refractivity contribution is 7.99. The number of nitrogen functional groups attached to an aromatic ring is 2. The van der Waals surface area contributed by atoms with E-state index in [9.17, 15) is 4.79 Å². The molecular formula is C10H9N9OS. The number of imidazole rings is 1. The first-order chi connectivity index (χ1) is 10.1. The van der Waals surface area contributed by atoms with Crippen LogP contribution in [0, 0.1) is 0 Å². The summed E-state index contributed by atoms with van der Waals surface area (Å²) in [6.45, 7) is 0. The van der Waals surface area contributed by atoms with Crippen LogP contribution in [0.15, 0.2) is 39.9 Å². The van der Waals surface area contributed by atoms with Gasteiger partial charge in [0.25, 0.3) is 5.56 Å². The monoisotopic (exact) mass is 303 g/mol. The molecule has 0 atom stereocenters. The summed E-state index contributed by atoms with van der Waals surface area (Å²) in [5.41, 5.74) is 10.8. The Bertz CT molecular complexity index is 829. The van der Waals surface area contributed by atoms with Crippen molar-refractivity contribution in [1.82, 2.24) is 34.5 Å². The predicted octanol–water partition coefficient (Wildman–Crippen LogP) is -0.544. The fourth-order valence-electron chi connectivity index (χ4n) is 1.49. The minimum absolute atomic E-state index is 0.0439. The van der Waals surface area contributed by atoms with Crippen molar-refractivity contribution in [2.24, 2.45) is 0 Å². The molecule has 0 saturated carbocycles. The van der Waals surface area contributed by atoms with E-state index in [1.54, 1.807) is 17.0 Å². The van der Waals surface area contributed by atoms with Crippen molar-refractivity contribution in [3.63, 3.8) is 0 Å². The SMILES string of the molecule is Nc1cc(=O)[nH]c(Sc2nc(N)nc(-n3ccnc3)n2)n1. The van der Waals surface area contributed by atoms with Gasteiger partial charge in [0, 0.05) is 18.5 Å². The first kappa shape index (κ1) is 13.1. The molecule has 0 fully saturated rings. The molecule has 0 aromatic carbocycles. The number of anilines is 2. The van der Waals surface area contributed by atoms with Crippen molar-refractivity contribution in [2.75, 3.05) is 11.5 Å². The summed E-state index contributed by atoms with van der Waals surface area (Å²) < 4.78 is 1.58. The van der Waals surface area contributed by atoms with Crippen LogP contribution in [0.3, 0.4) is 0 Å². The minimum Gasteiger partial charge on any atom is -0.383 e. The highest BCUT2D eigenvalue weighted by Gasteiger charge is 2.09. The van der Waals surface area contributed by atoms with E-state index in [0.717, 1.165) is 11.8 Å². The van der Waals surface area contributed by atoms with Gasteiger partial charge in [-0.05, 0) is 11.8 Å². The van der Waals surface area contributed by atoms with Gasteiger partial charge in [-0.1, -0.05) is 0 Å². The molecule has 21 heavy (non-hydrogen) atoms. The third-order valence-corrected chi connectivity index (χ3v) is 3.04. The van der Waals surface area contributed by atoms with Crippen molar-refractivity contribution < 1.29 is 0 Å². The van der Waals surface area contributed by atoms with Gasteiger partial charge in [-0.3, -0.25) is 9.36 Å². The molecule has 0 bridgehead atoms. The Balaban J connectivity index is 1.97. The summed E-state index contributed by atoms with van der Waals surface area (Å²) >= 11 is 1.02. The number of nitrogens with one attached hydrogen (secondary N) is 1. The van der Waals surface area contributed by atoms with E-state index in [4.69, 9.17) is 11.5 Å². The van der Waals surface area contributed by atoms with Crippen LogP contribution in [-0.2, 0) is 0 Å². The summed E-state index contributed by atoms with van der Waals surface area (Å²) in [5, 5.41) is 0.544. The molecule has 0 aliphatic heterocycles. The third-order valence-electron chi connectivity index (χ3n) is 2.28. The summed E-state index contributed by atoms with van der Waals surface area (Å²) in [6.07, 6.45) is 4.79. The van der Waals surface area contributed by atoms with Crippen LogP contribution < -0.4 is 17.0 Å². The van der Waals surface area contributed by atoms with Crippen molar-refractivity contribution in [1.29, 1.82) is 0 Å². The zero-order valence-electron chi connectivity index (χ0n) is 10.5. The molecule has 3 aromatic heterocycles. The Morgan fingerprint density at radius 2 is 2.05 bits per heavy atom. The topological polar surface area (TPSA) is 154 Å². The lowest BCUT2D eigenvalue weighted by molar-refractivity contribution is 0.827. The van der Waals surface area contributed by atoms with E-state index in [1.165, 1.54) is 12.4 Å². The number of H-pyrrole nitrogens is 1. The van der Waals surface area contributed by atoms with Gasteiger partial charge in [0.2, 0.25) is 17.1 Å². The fourth-order valence-corrected chi connectivity index (χ4v) is 2.23. The minimum atomic E-state index is -0.359. The van der Waals surface area contributed by atoms with Crippen molar-refractivity contribution in [3.8, 4) is 5.95 Å². The number of hydrogen-bond acceptors (Lipinski definition) is 9. The third kappa shape index (κ3) is 2.97. The summed E-state index contributed by atoms with van der Waals surface area (Å²) in [4.78, 5) is 33.9. The van der Waals surface area contributed by atoms with Gasteiger partial charge in [-0.15, -0.1) is 0 Å². The molecule has 0 unspecified atom stereocenters.